The maximum atomic E-state index is 12.4. The second-order valence-electron chi connectivity index (χ2n) is 7.55. The van der Waals surface area contributed by atoms with Gasteiger partial charge in [-0.1, -0.05) is 91.0 Å². The van der Waals surface area contributed by atoms with Crippen LogP contribution in [0.3, 0.4) is 0 Å². The Morgan fingerprint density at radius 2 is 1.69 bits per heavy atom. The summed E-state index contributed by atoms with van der Waals surface area (Å²) >= 11 is 7.45. The van der Waals surface area contributed by atoms with Crippen LogP contribution in [0.2, 0.25) is 5.15 Å². The average Bonchev–Trinajstić information content (AvgIpc) is 2.81. The molecule has 7 heteroatoms. The maximum Gasteiger partial charge on any atom is 0.230 e. The zero-order chi connectivity index (χ0) is 22.8. The molecule has 0 spiro atoms. The van der Waals surface area contributed by atoms with Gasteiger partial charge in [-0.3, -0.25) is 4.79 Å². The number of benzene rings is 2. The normalized spacial score (nSPS) is 10.9. The molecule has 0 saturated heterocycles. The molecule has 0 fully saturated rings. The van der Waals surface area contributed by atoms with Gasteiger partial charge in [0.25, 0.3) is 0 Å². The first-order valence-corrected chi connectivity index (χ1v) is 12.2. The highest BCUT2D eigenvalue weighted by Crippen LogP contribution is 2.27. The smallest absolute Gasteiger partial charge is 0.230 e. The van der Waals surface area contributed by atoms with Crippen LogP contribution in [0, 0.1) is 0 Å². The van der Waals surface area contributed by atoms with Gasteiger partial charge in [0, 0.05) is 32.1 Å². The summed E-state index contributed by atoms with van der Waals surface area (Å²) in [6, 6.07) is 22.6. The van der Waals surface area contributed by atoms with Gasteiger partial charge in [-0.25, -0.2) is 9.97 Å². The summed E-state index contributed by atoms with van der Waals surface area (Å²) in [5.41, 5.74) is 2.50. The fourth-order valence-corrected chi connectivity index (χ4v) is 4.44. The molecule has 0 bridgehead atoms. The largest absolute Gasteiger partial charge is 0.360 e. The molecule has 0 radical (unpaired) electrons. The summed E-state index contributed by atoms with van der Waals surface area (Å²) in [6.45, 7) is 3.58. The fourth-order valence-electron chi connectivity index (χ4n) is 3.53. The lowest BCUT2D eigenvalue weighted by atomic mass is 9.88. The number of hydrogen-bond acceptors (Lipinski definition) is 5. The van der Waals surface area contributed by atoms with Crippen LogP contribution in [0.5, 0.6) is 0 Å². The Kier molecular flexibility index (Phi) is 9.38. The molecule has 0 atom stereocenters. The van der Waals surface area contributed by atoms with Crippen LogP contribution in [0.25, 0.3) is 0 Å². The lowest BCUT2D eigenvalue weighted by Crippen LogP contribution is -2.27. The van der Waals surface area contributed by atoms with Crippen LogP contribution in [-0.2, 0) is 4.79 Å². The van der Waals surface area contributed by atoms with E-state index in [4.69, 9.17) is 11.6 Å². The Morgan fingerprint density at radius 1 is 1.06 bits per heavy atom. The molecule has 3 aromatic rings. The minimum absolute atomic E-state index is 0.0399. The van der Waals surface area contributed by atoms with Crippen molar-refractivity contribution in [2.75, 3.05) is 30.8 Å². The summed E-state index contributed by atoms with van der Waals surface area (Å²) < 4.78 is 0. The monoisotopic (exact) mass is 468 g/mol. The molecule has 1 aromatic heterocycles. The Labute approximate surface area is 199 Å². The van der Waals surface area contributed by atoms with E-state index in [1.165, 1.54) is 22.9 Å². The lowest BCUT2D eigenvalue weighted by molar-refractivity contribution is -0.118. The SMILES string of the molecule is CCCN(C)c1cc(Cl)nc(SCC(=O)NCCC(c2ccccc2)c2ccccc2)n1. The number of thioether (sulfide) groups is 1. The van der Waals surface area contributed by atoms with Crippen LogP contribution in [0.1, 0.15) is 36.8 Å². The van der Waals surface area contributed by atoms with E-state index in [1.54, 1.807) is 6.07 Å². The molecular formula is C25H29ClN4OS. The fraction of sp³-hybridized carbons (Fsp3) is 0.320. The van der Waals surface area contributed by atoms with Crippen molar-refractivity contribution in [1.82, 2.24) is 15.3 Å². The van der Waals surface area contributed by atoms with Gasteiger partial charge in [-0.05, 0) is 24.0 Å². The zero-order valence-corrected chi connectivity index (χ0v) is 20.1. The van der Waals surface area contributed by atoms with Gasteiger partial charge in [0.05, 0.1) is 5.75 Å². The molecule has 32 heavy (non-hydrogen) atoms. The molecule has 0 aliphatic rings. The molecular weight excluding hydrogens is 440 g/mol. The second kappa shape index (κ2) is 12.5. The molecule has 1 amide bonds. The summed E-state index contributed by atoms with van der Waals surface area (Å²) in [6.07, 6.45) is 1.83. The molecule has 0 unspecified atom stereocenters. The minimum Gasteiger partial charge on any atom is -0.360 e. The minimum atomic E-state index is -0.0399. The first-order chi connectivity index (χ1) is 15.6. The molecule has 5 nitrogen and oxygen atoms in total. The van der Waals surface area contributed by atoms with Crippen LogP contribution >= 0.6 is 23.4 Å². The van der Waals surface area contributed by atoms with Gasteiger partial charge in [-0.15, -0.1) is 0 Å². The molecule has 168 valence electrons. The van der Waals surface area contributed by atoms with Gasteiger partial charge in [0.1, 0.15) is 11.0 Å². The van der Waals surface area contributed by atoms with Crippen LogP contribution in [-0.4, -0.2) is 41.8 Å². The van der Waals surface area contributed by atoms with Crippen molar-refractivity contribution in [3.8, 4) is 0 Å². The molecule has 0 aliphatic carbocycles. The number of hydrogen-bond donors (Lipinski definition) is 1. The number of nitrogens with zero attached hydrogens (tertiary/aromatic N) is 3. The van der Waals surface area contributed by atoms with Gasteiger partial charge in [-0.2, -0.15) is 0 Å². The molecule has 0 aliphatic heterocycles. The van der Waals surface area contributed by atoms with E-state index in [9.17, 15) is 4.79 Å². The van der Waals surface area contributed by atoms with E-state index in [-0.39, 0.29) is 17.6 Å². The zero-order valence-electron chi connectivity index (χ0n) is 18.5. The molecule has 1 heterocycles. The Hall–Kier alpha value is -2.57. The third-order valence-corrected chi connectivity index (χ3v) is 6.14. The standard InChI is InChI=1S/C25H29ClN4OS/c1-3-16-30(2)23-17-22(26)28-25(29-23)32-18-24(31)27-15-14-21(19-10-6-4-7-11-19)20-12-8-5-9-13-20/h4-13,17,21H,3,14-16,18H2,1-2H3,(H,27,31). The van der Waals surface area contributed by atoms with Crippen molar-refractivity contribution in [3.63, 3.8) is 0 Å². The van der Waals surface area contributed by atoms with Crippen molar-refractivity contribution in [2.45, 2.75) is 30.8 Å². The summed E-state index contributed by atoms with van der Waals surface area (Å²) in [5, 5.41) is 3.93. The number of anilines is 1. The van der Waals surface area contributed by atoms with E-state index >= 15 is 0 Å². The van der Waals surface area contributed by atoms with Gasteiger partial charge in [0.2, 0.25) is 5.91 Å². The first kappa shape index (κ1) is 24.1. The number of aromatic nitrogens is 2. The Balaban J connectivity index is 1.54. The molecule has 2 aromatic carbocycles. The molecule has 0 saturated carbocycles. The molecule has 3 rings (SSSR count). The maximum absolute atomic E-state index is 12.4. The number of carbonyl (C=O) groups excluding carboxylic acids is 1. The summed E-state index contributed by atoms with van der Waals surface area (Å²) in [7, 11) is 1.97. The van der Waals surface area contributed by atoms with Crippen LogP contribution < -0.4 is 10.2 Å². The third kappa shape index (κ3) is 7.24. The van der Waals surface area contributed by atoms with E-state index in [0.717, 1.165) is 25.2 Å². The highest BCUT2D eigenvalue weighted by atomic mass is 35.5. The van der Waals surface area contributed by atoms with Crippen LogP contribution in [0.15, 0.2) is 71.9 Å². The van der Waals surface area contributed by atoms with Crippen molar-refractivity contribution >= 4 is 35.1 Å². The van der Waals surface area contributed by atoms with Crippen molar-refractivity contribution in [3.05, 3.63) is 83.0 Å². The van der Waals surface area contributed by atoms with Gasteiger partial charge >= 0.3 is 0 Å². The predicted octanol–water partition coefficient (Wildman–Crippen LogP) is 5.41. The van der Waals surface area contributed by atoms with Gasteiger partial charge in [0.15, 0.2) is 5.16 Å². The first-order valence-electron chi connectivity index (χ1n) is 10.8. The number of carbonyl (C=O) groups is 1. The quantitative estimate of drug-likeness (QED) is 0.232. The predicted molar refractivity (Wildman–Crippen MR) is 134 cm³/mol. The molecule has 1 N–H and O–H groups in total. The van der Waals surface area contributed by atoms with E-state index in [1.807, 2.05) is 24.1 Å². The van der Waals surface area contributed by atoms with Crippen molar-refractivity contribution in [1.29, 1.82) is 0 Å². The highest BCUT2D eigenvalue weighted by Gasteiger charge is 2.15. The summed E-state index contributed by atoms with van der Waals surface area (Å²) in [4.78, 5) is 23.3. The van der Waals surface area contributed by atoms with Crippen molar-refractivity contribution in [2.24, 2.45) is 0 Å². The topological polar surface area (TPSA) is 58.1 Å². The Bertz CT molecular complexity index is 948. The van der Waals surface area contributed by atoms with Gasteiger partial charge < -0.3 is 10.2 Å². The number of amides is 1. The van der Waals surface area contributed by atoms with E-state index in [0.29, 0.717) is 16.9 Å². The number of nitrogens with one attached hydrogen (secondary N) is 1. The van der Waals surface area contributed by atoms with Crippen LogP contribution in [0.4, 0.5) is 5.82 Å². The lowest BCUT2D eigenvalue weighted by Gasteiger charge is -2.18. The third-order valence-electron chi connectivity index (χ3n) is 5.10. The van der Waals surface area contributed by atoms with E-state index < -0.39 is 0 Å². The second-order valence-corrected chi connectivity index (χ2v) is 8.88. The number of halogens is 1. The average molecular weight is 469 g/mol. The highest BCUT2D eigenvalue weighted by molar-refractivity contribution is 7.99. The summed E-state index contributed by atoms with van der Waals surface area (Å²) in [5.74, 6) is 1.21. The van der Waals surface area contributed by atoms with Crippen molar-refractivity contribution < 1.29 is 4.79 Å². The van der Waals surface area contributed by atoms with E-state index in [2.05, 4.69) is 70.7 Å². The number of rotatable bonds is 11. The Morgan fingerprint density at radius 3 is 2.28 bits per heavy atom.